The van der Waals surface area contributed by atoms with Crippen molar-refractivity contribution in [3.05, 3.63) is 111 Å². The molecular weight excluding hydrogens is 687 g/mol. The second-order valence-electron chi connectivity index (χ2n) is 15.7. The fourth-order valence-electron chi connectivity index (χ4n) is 7.93. The number of hydrogen-bond donors (Lipinski definition) is 0. The fraction of sp³-hybridized carbons (Fsp3) is 0.457. The van der Waals surface area contributed by atoms with Crippen molar-refractivity contribution in [3.63, 3.8) is 0 Å². The molecule has 6 rings (SSSR count). The van der Waals surface area contributed by atoms with Crippen LogP contribution in [0.25, 0.3) is 11.3 Å². The molecule has 3 amide bonds. The van der Waals surface area contributed by atoms with Crippen LogP contribution in [-0.2, 0) is 39.4 Å². The number of carbonyl (C=O) groups excluding carboxylic acids is 3. The molecule has 55 heavy (non-hydrogen) atoms. The van der Waals surface area contributed by atoms with E-state index in [4.69, 9.17) is 4.74 Å². The number of ether oxygens (including phenoxy) is 1. The molecule has 0 radical (unpaired) electrons. The Morgan fingerprint density at radius 1 is 0.818 bits per heavy atom. The van der Waals surface area contributed by atoms with Crippen LogP contribution in [0.4, 0.5) is 4.79 Å². The van der Waals surface area contributed by atoms with Crippen molar-refractivity contribution in [1.82, 2.24) is 24.2 Å². The zero-order valence-corrected chi connectivity index (χ0v) is 34.0. The number of likely N-dealkylation sites (N-methyl/N-ethyl adjacent to an activating group) is 1. The van der Waals surface area contributed by atoms with Crippen LogP contribution in [-0.4, -0.2) is 88.4 Å². The lowest BCUT2D eigenvalue weighted by atomic mass is 9.90. The van der Waals surface area contributed by atoms with Gasteiger partial charge in [0, 0.05) is 74.9 Å². The average Bonchev–Trinajstić information content (AvgIpc) is 3.48. The lowest BCUT2D eigenvalue weighted by Gasteiger charge is -2.36. The maximum absolute atomic E-state index is 14.9. The molecule has 9 heteroatoms. The molecular formula is C46H59N5O4. The van der Waals surface area contributed by atoms with Crippen LogP contribution < -0.4 is 4.74 Å². The number of para-hydroxylation sites is 1. The van der Waals surface area contributed by atoms with Crippen LogP contribution >= 0.6 is 0 Å². The van der Waals surface area contributed by atoms with Gasteiger partial charge < -0.3 is 28.9 Å². The third-order valence-electron chi connectivity index (χ3n) is 11.5. The SMILES string of the molecule is CCCCN(CCCC)C(=O)c1cc(-c2cc3c(cc2C(=O)N2Cc4ccccc4C[C@H]2C)CN(C(=O)Oc2ccccc2CCN(C)C)CC3)n(C)c1C. The molecule has 0 unspecified atom stereocenters. The second-order valence-corrected chi connectivity index (χ2v) is 15.7. The standard InChI is InChI=1S/C46H59N5O4/c1-8-10-22-49(23-11-9-2)44(52)39-29-42(48(7)33(39)4)40-27-36-21-25-50(46(54)55-43-19-15-14-16-34(43)20-24-47(5)6)30-38(36)28-41(40)45(53)51-31-37-18-13-12-17-35(37)26-32(51)3/h12-19,27-29,32H,8-11,20-26,30-31H2,1-7H3/t32-/m1/s1. The summed E-state index contributed by atoms with van der Waals surface area (Å²) in [6, 6.07) is 22.2. The first-order valence-corrected chi connectivity index (χ1v) is 20.2. The van der Waals surface area contributed by atoms with E-state index in [1.54, 1.807) is 4.90 Å². The van der Waals surface area contributed by atoms with Gasteiger partial charge in [0.15, 0.2) is 0 Å². The van der Waals surface area contributed by atoms with Crippen molar-refractivity contribution in [1.29, 1.82) is 0 Å². The van der Waals surface area contributed by atoms with E-state index in [1.165, 1.54) is 5.56 Å². The molecule has 2 aliphatic rings. The lowest BCUT2D eigenvalue weighted by Crippen LogP contribution is -2.43. The number of amides is 3. The van der Waals surface area contributed by atoms with E-state index in [0.29, 0.717) is 42.9 Å². The molecule has 2 aliphatic heterocycles. The van der Waals surface area contributed by atoms with Crippen LogP contribution in [0.5, 0.6) is 5.75 Å². The highest BCUT2D eigenvalue weighted by molar-refractivity contribution is 6.03. The summed E-state index contributed by atoms with van der Waals surface area (Å²) in [4.78, 5) is 50.6. The summed E-state index contributed by atoms with van der Waals surface area (Å²) >= 11 is 0. The number of carbonyl (C=O) groups is 3. The molecule has 3 aromatic carbocycles. The van der Waals surface area contributed by atoms with E-state index in [-0.39, 0.29) is 17.9 Å². The molecule has 1 aromatic heterocycles. The van der Waals surface area contributed by atoms with Gasteiger partial charge in [-0.3, -0.25) is 9.59 Å². The van der Waals surface area contributed by atoms with Gasteiger partial charge in [-0.1, -0.05) is 69.2 Å². The largest absolute Gasteiger partial charge is 0.415 e. The van der Waals surface area contributed by atoms with E-state index in [1.807, 2.05) is 80.3 Å². The Balaban J connectivity index is 1.36. The highest BCUT2D eigenvalue weighted by Crippen LogP contribution is 2.36. The number of rotatable bonds is 13. The van der Waals surface area contributed by atoms with Crippen molar-refractivity contribution in [2.75, 3.05) is 40.3 Å². The number of hydrogen-bond acceptors (Lipinski definition) is 5. The Bertz CT molecular complexity index is 2010. The number of nitrogens with zero attached hydrogens (tertiary/aromatic N) is 5. The summed E-state index contributed by atoms with van der Waals surface area (Å²) in [6.07, 6.45) is 5.75. The Hall–Kier alpha value is -4.89. The first-order chi connectivity index (χ1) is 26.5. The summed E-state index contributed by atoms with van der Waals surface area (Å²) in [5, 5.41) is 0. The normalized spacial score (nSPS) is 15.2. The van der Waals surface area contributed by atoms with E-state index in [9.17, 15) is 14.4 Å². The van der Waals surface area contributed by atoms with Gasteiger partial charge in [-0.15, -0.1) is 0 Å². The smallest absolute Gasteiger partial charge is 0.410 e. The predicted octanol–water partition coefficient (Wildman–Crippen LogP) is 8.29. The summed E-state index contributed by atoms with van der Waals surface area (Å²) < 4.78 is 8.09. The topological polar surface area (TPSA) is 78.3 Å². The predicted molar refractivity (Wildman–Crippen MR) is 220 cm³/mol. The monoisotopic (exact) mass is 745 g/mol. The third-order valence-corrected chi connectivity index (χ3v) is 11.5. The van der Waals surface area contributed by atoms with E-state index < -0.39 is 6.09 Å². The second kappa shape index (κ2) is 17.7. The highest BCUT2D eigenvalue weighted by Gasteiger charge is 2.33. The fourth-order valence-corrected chi connectivity index (χ4v) is 7.93. The maximum atomic E-state index is 14.9. The number of fused-ring (bicyclic) bond motifs is 2. The zero-order valence-electron chi connectivity index (χ0n) is 34.0. The van der Waals surface area contributed by atoms with Gasteiger partial charge in [-0.25, -0.2) is 4.79 Å². The third kappa shape index (κ3) is 8.83. The average molecular weight is 746 g/mol. The Morgan fingerprint density at radius 2 is 1.51 bits per heavy atom. The number of aromatic nitrogens is 1. The minimum Gasteiger partial charge on any atom is -0.410 e. The van der Waals surface area contributed by atoms with E-state index in [0.717, 1.165) is 97.4 Å². The lowest BCUT2D eigenvalue weighted by molar-refractivity contribution is 0.0658. The van der Waals surface area contributed by atoms with Crippen molar-refractivity contribution in [3.8, 4) is 17.0 Å². The molecule has 0 aliphatic carbocycles. The molecule has 9 nitrogen and oxygen atoms in total. The van der Waals surface area contributed by atoms with Crippen molar-refractivity contribution < 1.29 is 19.1 Å². The van der Waals surface area contributed by atoms with Gasteiger partial charge in [0.05, 0.1) is 5.56 Å². The van der Waals surface area contributed by atoms with Gasteiger partial charge >= 0.3 is 6.09 Å². The summed E-state index contributed by atoms with van der Waals surface area (Å²) in [7, 11) is 6.05. The molecule has 0 saturated heterocycles. The molecule has 0 spiro atoms. The van der Waals surface area contributed by atoms with Crippen LogP contribution in [0.15, 0.2) is 66.7 Å². The van der Waals surface area contributed by atoms with Crippen LogP contribution in [0, 0.1) is 6.92 Å². The number of benzene rings is 3. The zero-order chi connectivity index (χ0) is 39.2. The van der Waals surface area contributed by atoms with Crippen LogP contribution in [0.3, 0.4) is 0 Å². The maximum Gasteiger partial charge on any atom is 0.415 e. The Kier molecular flexibility index (Phi) is 12.8. The molecule has 0 saturated carbocycles. The first-order valence-electron chi connectivity index (χ1n) is 20.2. The van der Waals surface area contributed by atoms with E-state index in [2.05, 4.69) is 54.5 Å². The molecule has 0 N–H and O–H groups in total. The quantitative estimate of drug-likeness (QED) is 0.138. The Labute approximate surface area is 327 Å². The van der Waals surface area contributed by atoms with Crippen molar-refractivity contribution in [2.45, 2.75) is 91.8 Å². The van der Waals surface area contributed by atoms with Crippen molar-refractivity contribution in [2.24, 2.45) is 7.05 Å². The highest BCUT2D eigenvalue weighted by atomic mass is 16.6. The summed E-state index contributed by atoms with van der Waals surface area (Å²) in [5.74, 6) is 0.581. The van der Waals surface area contributed by atoms with Crippen LogP contribution in [0.1, 0.15) is 101 Å². The molecule has 3 heterocycles. The molecule has 1 atom stereocenters. The minimum atomic E-state index is -0.391. The molecule has 0 fully saturated rings. The van der Waals surface area contributed by atoms with E-state index >= 15 is 0 Å². The summed E-state index contributed by atoms with van der Waals surface area (Å²) in [6.45, 7) is 12.1. The van der Waals surface area contributed by atoms with Crippen molar-refractivity contribution >= 4 is 17.9 Å². The van der Waals surface area contributed by atoms with Crippen LogP contribution in [0.2, 0.25) is 0 Å². The van der Waals surface area contributed by atoms with Gasteiger partial charge in [-0.05, 0) is 112 Å². The number of unbranched alkanes of at least 4 members (excludes halogenated alkanes) is 2. The van der Waals surface area contributed by atoms with Gasteiger partial charge in [-0.2, -0.15) is 0 Å². The van der Waals surface area contributed by atoms with Gasteiger partial charge in [0.25, 0.3) is 11.8 Å². The molecule has 0 bridgehead atoms. The first kappa shape index (κ1) is 39.8. The molecule has 292 valence electrons. The Morgan fingerprint density at radius 3 is 2.22 bits per heavy atom. The summed E-state index contributed by atoms with van der Waals surface area (Å²) in [5.41, 5.74) is 9.28. The molecule has 4 aromatic rings. The van der Waals surface area contributed by atoms with Gasteiger partial charge in [0.2, 0.25) is 0 Å². The van der Waals surface area contributed by atoms with Gasteiger partial charge in [0.1, 0.15) is 5.75 Å². The minimum absolute atomic E-state index is 0.00305.